The van der Waals surface area contributed by atoms with Crippen LogP contribution < -0.4 is 5.73 Å². The Bertz CT molecular complexity index is 544. The van der Waals surface area contributed by atoms with Crippen molar-refractivity contribution in [2.75, 3.05) is 6.54 Å². The largest absolute Gasteiger partial charge is 0.330 e. The smallest absolute Gasteiger partial charge is 0.0948 e. The Labute approximate surface area is 124 Å². The Morgan fingerprint density at radius 2 is 1.90 bits per heavy atom. The fourth-order valence-electron chi connectivity index (χ4n) is 2.97. The lowest BCUT2D eigenvalue weighted by molar-refractivity contribution is 0.448. The van der Waals surface area contributed by atoms with E-state index in [2.05, 4.69) is 17.1 Å². The summed E-state index contributed by atoms with van der Waals surface area (Å²) < 4.78 is 0. The molecule has 4 heteroatoms. The molecule has 0 bridgehead atoms. The standard InChI is InChI=1S/C16H21N3S/c17-9-6-14-19-15(12-7-10-18-11-8-12)16(20-14)13-4-2-1-3-5-13/h7-8,10-11,13H,1-6,9,17H2. The molecule has 2 aromatic rings. The summed E-state index contributed by atoms with van der Waals surface area (Å²) in [4.78, 5) is 10.4. The summed E-state index contributed by atoms with van der Waals surface area (Å²) in [6, 6.07) is 4.13. The van der Waals surface area contributed by atoms with Gasteiger partial charge in [0.15, 0.2) is 0 Å². The van der Waals surface area contributed by atoms with Gasteiger partial charge in [0.25, 0.3) is 0 Å². The molecule has 3 nitrogen and oxygen atoms in total. The van der Waals surface area contributed by atoms with Crippen molar-refractivity contribution < 1.29 is 0 Å². The van der Waals surface area contributed by atoms with Crippen LogP contribution in [0.4, 0.5) is 0 Å². The Hall–Kier alpha value is -1.26. The minimum atomic E-state index is 0.674. The second kappa shape index (κ2) is 6.46. The van der Waals surface area contributed by atoms with Crippen LogP contribution in [0.25, 0.3) is 11.3 Å². The van der Waals surface area contributed by atoms with Crippen molar-refractivity contribution >= 4 is 11.3 Å². The zero-order valence-corrected chi connectivity index (χ0v) is 12.5. The van der Waals surface area contributed by atoms with Crippen molar-refractivity contribution in [1.29, 1.82) is 0 Å². The third kappa shape index (κ3) is 2.91. The molecule has 0 aliphatic heterocycles. The zero-order chi connectivity index (χ0) is 13.8. The fraction of sp³-hybridized carbons (Fsp3) is 0.500. The van der Waals surface area contributed by atoms with Crippen LogP contribution in [0.3, 0.4) is 0 Å². The normalized spacial score (nSPS) is 16.4. The maximum atomic E-state index is 5.69. The molecular formula is C16H21N3S. The highest BCUT2D eigenvalue weighted by atomic mass is 32.1. The molecule has 0 spiro atoms. The quantitative estimate of drug-likeness (QED) is 0.931. The molecule has 0 atom stereocenters. The van der Waals surface area contributed by atoms with Crippen molar-refractivity contribution in [3.05, 3.63) is 34.4 Å². The van der Waals surface area contributed by atoms with Gasteiger partial charge in [-0.15, -0.1) is 11.3 Å². The number of hydrogen-bond donors (Lipinski definition) is 1. The lowest BCUT2D eigenvalue weighted by atomic mass is 9.87. The van der Waals surface area contributed by atoms with Gasteiger partial charge in [-0.1, -0.05) is 19.3 Å². The minimum Gasteiger partial charge on any atom is -0.330 e. The Morgan fingerprint density at radius 1 is 1.15 bits per heavy atom. The number of nitrogens with two attached hydrogens (primary N) is 1. The fourth-order valence-corrected chi connectivity index (χ4v) is 4.24. The lowest BCUT2D eigenvalue weighted by Gasteiger charge is -2.21. The summed E-state index contributed by atoms with van der Waals surface area (Å²) in [7, 11) is 0. The zero-order valence-electron chi connectivity index (χ0n) is 11.7. The van der Waals surface area contributed by atoms with Gasteiger partial charge in [0.2, 0.25) is 0 Å². The van der Waals surface area contributed by atoms with Crippen molar-refractivity contribution in [1.82, 2.24) is 9.97 Å². The summed E-state index contributed by atoms with van der Waals surface area (Å²) in [5.74, 6) is 0.691. The van der Waals surface area contributed by atoms with E-state index in [1.165, 1.54) is 53.2 Å². The summed E-state index contributed by atoms with van der Waals surface area (Å²) >= 11 is 1.87. The highest BCUT2D eigenvalue weighted by Crippen LogP contribution is 2.41. The maximum absolute atomic E-state index is 5.69. The van der Waals surface area contributed by atoms with Gasteiger partial charge >= 0.3 is 0 Å². The third-order valence-corrected chi connectivity index (χ3v) is 5.26. The van der Waals surface area contributed by atoms with E-state index in [1.807, 2.05) is 23.7 Å². The van der Waals surface area contributed by atoms with Gasteiger partial charge in [0.05, 0.1) is 10.7 Å². The molecule has 3 rings (SSSR count). The Morgan fingerprint density at radius 3 is 2.60 bits per heavy atom. The Balaban J connectivity index is 1.97. The van der Waals surface area contributed by atoms with Crippen molar-refractivity contribution in [3.8, 4) is 11.3 Å². The predicted molar refractivity (Wildman–Crippen MR) is 83.9 cm³/mol. The number of thiazole rings is 1. The monoisotopic (exact) mass is 287 g/mol. The summed E-state index contributed by atoms with van der Waals surface area (Å²) in [6.07, 6.45) is 11.3. The lowest BCUT2D eigenvalue weighted by Crippen LogP contribution is -2.04. The molecule has 2 aromatic heterocycles. The van der Waals surface area contributed by atoms with E-state index in [4.69, 9.17) is 10.7 Å². The molecule has 0 unspecified atom stereocenters. The topological polar surface area (TPSA) is 51.8 Å². The first-order valence-corrected chi connectivity index (χ1v) is 8.30. The van der Waals surface area contributed by atoms with E-state index in [-0.39, 0.29) is 0 Å². The molecule has 0 aromatic carbocycles. The van der Waals surface area contributed by atoms with E-state index >= 15 is 0 Å². The van der Waals surface area contributed by atoms with E-state index in [0.717, 1.165) is 6.42 Å². The van der Waals surface area contributed by atoms with Crippen LogP contribution in [0, 0.1) is 0 Å². The molecule has 20 heavy (non-hydrogen) atoms. The number of hydrogen-bond acceptors (Lipinski definition) is 4. The SMILES string of the molecule is NCCc1nc(-c2ccncc2)c(C2CCCCC2)s1. The number of pyridine rings is 1. The average Bonchev–Trinajstić information content (AvgIpc) is 2.93. The van der Waals surface area contributed by atoms with Crippen LogP contribution in [0.2, 0.25) is 0 Å². The van der Waals surface area contributed by atoms with E-state index < -0.39 is 0 Å². The molecule has 1 fully saturated rings. The molecule has 2 heterocycles. The number of aromatic nitrogens is 2. The van der Waals surface area contributed by atoms with Gasteiger partial charge in [-0.2, -0.15) is 0 Å². The maximum Gasteiger partial charge on any atom is 0.0948 e. The summed E-state index contributed by atoms with van der Waals surface area (Å²) in [5, 5.41) is 1.18. The molecule has 0 amide bonds. The van der Waals surface area contributed by atoms with Crippen LogP contribution in [-0.2, 0) is 6.42 Å². The first kappa shape index (κ1) is 13.7. The van der Waals surface area contributed by atoms with Gasteiger partial charge in [0, 0.05) is 29.3 Å². The van der Waals surface area contributed by atoms with E-state index in [9.17, 15) is 0 Å². The Kier molecular flexibility index (Phi) is 4.43. The molecule has 1 aliphatic rings. The van der Waals surface area contributed by atoms with Crippen molar-refractivity contribution in [2.45, 2.75) is 44.4 Å². The van der Waals surface area contributed by atoms with Gasteiger partial charge < -0.3 is 5.73 Å². The van der Waals surface area contributed by atoms with Crippen LogP contribution in [-0.4, -0.2) is 16.5 Å². The van der Waals surface area contributed by atoms with Crippen LogP contribution in [0.15, 0.2) is 24.5 Å². The molecule has 2 N–H and O–H groups in total. The predicted octanol–water partition coefficient (Wildman–Crippen LogP) is 3.75. The minimum absolute atomic E-state index is 0.674. The van der Waals surface area contributed by atoms with Gasteiger partial charge in [-0.3, -0.25) is 4.98 Å². The molecule has 0 radical (unpaired) electrons. The molecule has 0 saturated heterocycles. The number of rotatable bonds is 4. The van der Waals surface area contributed by atoms with Crippen LogP contribution >= 0.6 is 11.3 Å². The number of nitrogens with zero attached hydrogens (tertiary/aromatic N) is 2. The first-order valence-electron chi connectivity index (χ1n) is 7.48. The van der Waals surface area contributed by atoms with Crippen molar-refractivity contribution in [2.24, 2.45) is 5.73 Å². The second-order valence-electron chi connectivity index (χ2n) is 5.43. The summed E-state index contributed by atoms with van der Waals surface area (Å²) in [6.45, 7) is 0.674. The van der Waals surface area contributed by atoms with Crippen molar-refractivity contribution in [3.63, 3.8) is 0 Å². The highest BCUT2D eigenvalue weighted by Gasteiger charge is 2.23. The van der Waals surface area contributed by atoms with Gasteiger partial charge in [-0.25, -0.2) is 4.98 Å². The highest BCUT2D eigenvalue weighted by molar-refractivity contribution is 7.12. The third-order valence-electron chi connectivity index (χ3n) is 3.99. The second-order valence-corrected chi connectivity index (χ2v) is 6.55. The van der Waals surface area contributed by atoms with E-state index in [1.54, 1.807) is 0 Å². The first-order chi connectivity index (χ1) is 9.88. The van der Waals surface area contributed by atoms with Gasteiger partial charge in [-0.05, 0) is 37.4 Å². The van der Waals surface area contributed by atoms with E-state index in [0.29, 0.717) is 12.5 Å². The molecular weight excluding hydrogens is 266 g/mol. The molecule has 106 valence electrons. The summed E-state index contributed by atoms with van der Waals surface area (Å²) in [5.41, 5.74) is 8.06. The van der Waals surface area contributed by atoms with Crippen LogP contribution in [0.5, 0.6) is 0 Å². The van der Waals surface area contributed by atoms with Crippen LogP contribution in [0.1, 0.15) is 47.9 Å². The average molecular weight is 287 g/mol. The molecule has 1 saturated carbocycles. The molecule has 1 aliphatic carbocycles. The van der Waals surface area contributed by atoms with Gasteiger partial charge in [0.1, 0.15) is 0 Å².